The fourth-order valence-corrected chi connectivity index (χ4v) is 5.36. The smallest absolute Gasteiger partial charge is 0.341 e. The van der Waals surface area contributed by atoms with Crippen LogP contribution in [0.3, 0.4) is 0 Å². The van der Waals surface area contributed by atoms with Crippen LogP contribution in [0.25, 0.3) is 0 Å². The first-order valence-corrected chi connectivity index (χ1v) is 12.2. The molecule has 0 saturated heterocycles. The molecule has 6 nitrogen and oxygen atoms in total. The Bertz CT molecular complexity index is 657. The summed E-state index contributed by atoms with van der Waals surface area (Å²) < 4.78 is 34.4. The van der Waals surface area contributed by atoms with Crippen molar-refractivity contribution in [3.8, 4) is 11.5 Å². The lowest BCUT2D eigenvalue weighted by atomic mass is 10.1. The third-order valence-corrected chi connectivity index (χ3v) is 7.40. The van der Waals surface area contributed by atoms with E-state index in [0.29, 0.717) is 29.5 Å². The van der Waals surface area contributed by atoms with Crippen molar-refractivity contribution in [2.45, 2.75) is 65.0 Å². The number of carbonyl (C=O) groups excluding carboxylic acids is 1. The summed E-state index contributed by atoms with van der Waals surface area (Å²) in [5.74, 6) is 1.21. The molecule has 0 aliphatic carbocycles. The van der Waals surface area contributed by atoms with Crippen LogP contribution in [0.1, 0.15) is 59.3 Å². The van der Waals surface area contributed by atoms with E-state index in [-0.39, 0.29) is 19.0 Å². The normalized spacial score (nSPS) is 12.6. The van der Waals surface area contributed by atoms with Crippen LogP contribution in [0.2, 0.25) is 5.02 Å². The van der Waals surface area contributed by atoms with Gasteiger partial charge in [0.2, 0.25) is 0 Å². The van der Waals surface area contributed by atoms with Crippen LogP contribution >= 0.6 is 19.2 Å². The molecule has 1 atom stereocenters. The highest BCUT2D eigenvalue weighted by molar-refractivity contribution is 7.55. The van der Waals surface area contributed by atoms with E-state index in [4.69, 9.17) is 30.1 Å². The number of ether oxygens (including phenoxy) is 2. The van der Waals surface area contributed by atoms with Crippen molar-refractivity contribution in [2.75, 3.05) is 26.9 Å². The first kappa shape index (κ1) is 26.0. The van der Waals surface area contributed by atoms with Crippen molar-refractivity contribution < 1.29 is 27.9 Å². The summed E-state index contributed by atoms with van der Waals surface area (Å²) in [7, 11) is -1.79. The number of ketones is 1. The Morgan fingerprint density at radius 3 is 2.24 bits per heavy atom. The SMILES string of the molecule is CCOP(=O)(OCC)C(CCCCCCCOc1ccc(OC)cc1Cl)C(C)=O. The number of unbranched alkanes of at least 4 members (excludes halogenated alkanes) is 4. The molecule has 0 aromatic heterocycles. The molecular weight excluding hydrogens is 415 g/mol. The fraction of sp³-hybridized carbons (Fsp3) is 0.667. The lowest BCUT2D eigenvalue weighted by Crippen LogP contribution is -2.21. The van der Waals surface area contributed by atoms with Gasteiger partial charge >= 0.3 is 7.60 Å². The summed E-state index contributed by atoms with van der Waals surface area (Å²) in [5, 5.41) is 0.535. The van der Waals surface area contributed by atoms with E-state index in [2.05, 4.69) is 0 Å². The molecule has 0 aliphatic rings. The second kappa shape index (κ2) is 14.0. The van der Waals surface area contributed by atoms with Gasteiger partial charge in [-0.25, -0.2) is 0 Å². The standard InChI is InChI=1S/C21H34ClO6P/c1-5-27-29(24,28-6-2)21(17(3)23)12-10-8-7-9-11-15-26-20-14-13-18(25-4)16-19(20)22/h13-14,16,21H,5-12,15H2,1-4H3. The Morgan fingerprint density at radius 2 is 1.69 bits per heavy atom. The van der Waals surface area contributed by atoms with E-state index >= 15 is 0 Å². The maximum Gasteiger partial charge on any atom is 0.341 e. The molecular formula is C21H34ClO6P. The van der Waals surface area contributed by atoms with E-state index in [9.17, 15) is 9.36 Å². The van der Waals surface area contributed by atoms with Gasteiger partial charge in [0.05, 0.1) is 32.0 Å². The second-order valence-corrected chi connectivity index (χ2v) is 9.33. The summed E-state index contributed by atoms with van der Waals surface area (Å²) in [6, 6.07) is 5.35. The largest absolute Gasteiger partial charge is 0.497 e. The van der Waals surface area contributed by atoms with Crippen LogP contribution in [0.5, 0.6) is 11.5 Å². The molecule has 1 aromatic rings. The number of benzene rings is 1. The Balaban J connectivity index is 2.29. The number of Topliss-reactive ketones (excluding diaryl/α,β-unsaturated/α-hetero) is 1. The lowest BCUT2D eigenvalue weighted by molar-refractivity contribution is -0.117. The first-order chi connectivity index (χ1) is 13.9. The Morgan fingerprint density at radius 1 is 1.07 bits per heavy atom. The molecule has 1 unspecified atom stereocenters. The van der Waals surface area contributed by atoms with Crippen molar-refractivity contribution in [3.63, 3.8) is 0 Å². The Kier molecular flexibility index (Phi) is 12.6. The van der Waals surface area contributed by atoms with Crippen LogP contribution in [0, 0.1) is 0 Å². The van der Waals surface area contributed by atoms with Gasteiger partial charge < -0.3 is 18.5 Å². The van der Waals surface area contributed by atoms with Crippen LogP contribution in [-0.4, -0.2) is 38.4 Å². The van der Waals surface area contributed by atoms with Gasteiger partial charge in [-0.1, -0.05) is 37.3 Å². The van der Waals surface area contributed by atoms with Crippen LogP contribution in [-0.2, 0) is 18.4 Å². The van der Waals surface area contributed by atoms with Gasteiger partial charge in [-0.05, 0) is 45.7 Å². The van der Waals surface area contributed by atoms with Crippen LogP contribution < -0.4 is 9.47 Å². The lowest BCUT2D eigenvalue weighted by Gasteiger charge is -2.24. The van der Waals surface area contributed by atoms with E-state index < -0.39 is 13.3 Å². The third-order valence-electron chi connectivity index (χ3n) is 4.49. The molecule has 0 radical (unpaired) electrons. The van der Waals surface area contributed by atoms with Crippen molar-refractivity contribution >= 4 is 25.0 Å². The summed E-state index contributed by atoms with van der Waals surface area (Å²) in [6.45, 7) is 6.08. The van der Waals surface area contributed by atoms with E-state index in [1.54, 1.807) is 33.1 Å². The van der Waals surface area contributed by atoms with Gasteiger partial charge in [0, 0.05) is 6.07 Å². The molecule has 0 bridgehead atoms. The van der Waals surface area contributed by atoms with Crippen molar-refractivity contribution in [2.24, 2.45) is 0 Å². The van der Waals surface area contributed by atoms with E-state index in [1.165, 1.54) is 6.92 Å². The molecule has 1 aromatic carbocycles. The Labute approximate surface area is 179 Å². The van der Waals surface area contributed by atoms with Gasteiger partial charge in [-0.3, -0.25) is 9.36 Å². The molecule has 0 N–H and O–H groups in total. The third kappa shape index (κ3) is 9.08. The summed E-state index contributed by atoms with van der Waals surface area (Å²) in [5.41, 5.74) is -0.678. The Hall–Kier alpha value is -1.07. The number of halogens is 1. The average molecular weight is 449 g/mol. The topological polar surface area (TPSA) is 71.1 Å². The highest BCUT2D eigenvalue weighted by Crippen LogP contribution is 2.54. The van der Waals surface area contributed by atoms with Crippen molar-refractivity contribution in [1.29, 1.82) is 0 Å². The number of hydrogen-bond donors (Lipinski definition) is 0. The number of rotatable bonds is 16. The summed E-state index contributed by atoms with van der Waals surface area (Å²) in [4.78, 5) is 12.0. The minimum atomic E-state index is -3.39. The zero-order chi connectivity index (χ0) is 21.7. The average Bonchev–Trinajstić information content (AvgIpc) is 2.67. The van der Waals surface area contributed by atoms with Crippen LogP contribution in [0.15, 0.2) is 18.2 Å². The van der Waals surface area contributed by atoms with Gasteiger partial charge in [0.15, 0.2) is 0 Å². The molecule has 0 aliphatic heterocycles. The number of carbonyl (C=O) groups is 1. The van der Waals surface area contributed by atoms with E-state index in [1.807, 2.05) is 6.07 Å². The van der Waals surface area contributed by atoms with Gasteiger partial charge in [0.25, 0.3) is 0 Å². The maximum absolute atomic E-state index is 12.9. The maximum atomic E-state index is 12.9. The van der Waals surface area contributed by atoms with Gasteiger partial charge in [0.1, 0.15) is 22.9 Å². The minimum absolute atomic E-state index is 0.139. The predicted octanol–water partition coefficient (Wildman–Crippen LogP) is 6.29. The van der Waals surface area contributed by atoms with Gasteiger partial charge in [-0.15, -0.1) is 0 Å². The molecule has 0 fully saturated rings. The first-order valence-electron chi connectivity index (χ1n) is 10.2. The number of hydrogen-bond acceptors (Lipinski definition) is 6. The highest BCUT2D eigenvalue weighted by Gasteiger charge is 2.38. The molecule has 29 heavy (non-hydrogen) atoms. The monoisotopic (exact) mass is 448 g/mol. The van der Waals surface area contributed by atoms with Crippen molar-refractivity contribution in [3.05, 3.63) is 23.2 Å². The highest BCUT2D eigenvalue weighted by atomic mass is 35.5. The van der Waals surface area contributed by atoms with Crippen LogP contribution in [0.4, 0.5) is 0 Å². The van der Waals surface area contributed by atoms with Crippen molar-refractivity contribution in [1.82, 2.24) is 0 Å². The molecule has 0 heterocycles. The molecule has 0 saturated carbocycles. The molecule has 0 spiro atoms. The fourth-order valence-electron chi connectivity index (χ4n) is 3.04. The second-order valence-electron chi connectivity index (χ2n) is 6.70. The molecule has 8 heteroatoms. The number of methoxy groups -OCH3 is 1. The predicted molar refractivity (Wildman–Crippen MR) is 117 cm³/mol. The molecule has 1 rings (SSSR count). The zero-order valence-electron chi connectivity index (χ0n) is 17.9. The zero-order valence-corrected chi connectivity index (χ0v) is 19.6. The summed E-state index contributed by atoms with van der Waals surface area (Å²) >= 11 is 6.15. The summed E-state index contributed by atoms with van der Waals surface area (Å²) in [6.07, 6.45) is 5.20. The van der Waals surface area contributed by atoms with Gasteiger partial charge in [-0.2, -0.15) is 0 Å². The molecule has 0 amide bonds. The quantitative estimate of drug-likeness (QED) is 0.218. The van der Waals surface area contributed by atoms with E-state index in [0.717, 1.165) is 32.1 Å². The minimum Gasteiger partial charge on any atom is -0.497 e. The molecule has 166 valence electrons.